The number of piperidine rings is 2. The van der Waals surface area contributed by atoms with Gasteiger partial charge in [0, 0.05) is 23.5 Å². The van der Waals surface area contributed by atoms with Crippen LogP contribution in [0, 0.1) is 23.2 Å². The van der Waals surface area contributed by atoms with Crippen LogP contribution in [0.3, 0.4) is 0 Å². The van der Waals surface area contributed by atoms with E-state index < -0.39 is 5.97 Å². The lowest BCUT2D eigenvalue weighted by Gasteiger charge is -2.51. The van der Waals surface area contributed by atoms with E-state index >= 15 is 0 Å². The summed E-state index contributed by atoms with van der Waals surface area (Å²) in [4.78, 5) is 14.2. The number of nitrogens with zero attached hydrogens (tertiary/aromatic N) is 2. The van der Waals surface area contributed by atoms with Crippen molar-refractivity contribution in [1.29, 1.82) is 5.26 Å². The Morgan fingerprint density at radius 3 is 2.41 bits per heavy atom. The summed E-state index contributed by atoms with van der Waals surface area (Å²) in [6.45, 7) is 4.54. The van der Waals surface area contributed by atoms with Crippen LogP contribution in [0.5, 0.6) is 5.75 Å². The van der Waals surface area contributed by atoms with Crippen LogP contribution in [0.2, 0.25) is 0 Å². The van der Waals surface area contributed by atoms with E-state index in [1.807, 2.05) is 6.07 Å². The number of hydrogen-bond donors (Lipinski definition) is 1. The van der Waals surface area contributed by atoms with E-state index in [1.165, 1.54) is 24.8 Å². The minimum absolute atomic E-state index is 0.186. The number of carboxylic acids is 1. The Morgan fingerprint density at radius 1 is 1.09 bits per heavy atom. The number of carbonyl (C=O) groups is 1. The number of rotatable bonds is 5. The predicted octanol–water partition coefficient (Wildman–Crippen LogP) is 6.45. The van der Waals surface area contributed by atoms with Gasteiger partial charge in [0.05, 0.1) is 12.0 Å². The molecule has 0 aromatic heterocycles. The number of ether oxygens (including phenoxy) is 1. The van der Waals surface area contributed by atoms with Crippen LogP contribution in [0.25, 0.3) is 10.8 Å². The van der Waals surface area contributed by atoms with Crippen molar-refractivity contribution in [3.05, 3.63) is 41.5 Å². The van der Waals surface area contributed by atoms with Crippen molar-refractivity contribution in [2.75, 3.05) is 0 Å². The number of nitriles is 1. The van der Waals surface area contributed by atoms with Gasteiger partial charge in [-0.05, 0) is 87.3 Å². The fourth-order valence-corrected chi connectivity index (χ4v) is 6.74. The van der Waals surface area contributed by atoms with E-state index in [2.05, 4.69) is 49.1 Å². The van der Waals surface area contributed by atoms with E-state index in [1.54, 1.807) is 0 Å². The van der Waals surface area contributed by atoms with Gasteiger partial charge in [0.1, 0.15) is 17.4 Å². The van der Waals surface area contributed by atoms with Gasteiger partial charge < -0.3 is 9.84 Å². The Bertz CT molecular complexity index is 1080. The molecular formula is C29H36N2O3. The third-order valence-corrected chi connectivity index (χ3v) is 8.69. The second kappa shape index (κ2) is 9.58. The van der Waals surface area contributed by atoms with Crippen LogP contribution in [0.1, 0.15) is 88.8 Å². The highest BCUT2D eigenvalue weighted by molar-refractivity contribution is 5.90. The van der Waals surface area contributed by atoms with E-state index in [0.29, 0.717) is 23.4 Å². The van der Waals surface area contributed by atoms with Crippen molar-refractivity contribution in [3.63, 3.8) is 0 Å². The molecule has 5 nitrogen and oxygen atoms in total. The smallest absolute Gasteiger partial charge is 0.306 e. The Kier molecular flexibility index (Phi) is 6.53. The molecule has 180 valence electrons. The van der Waals surface area contributed by atoms with Gasteiger partial charge in [-0.15, -0.1) is 0 Å². The summed E-state index contributed by atoms with van der Waals surface area (Å²) in [5.41, 5.74) is 1.83. The van der Waals surface area contributed by atoms with Crippen LogP contribution in [-0.4, -0.2) is 34.2 Å². The Labute approximate surface area is 202 Å². The van der Waals surface area contributed by atoms with Crippen LogP contribution in [0.4, 0.5) is 0 Å². The van der Waals surface area contributed by atoms with Gasteiger partial charge in [0.2, 0.25) is 0 Å². The molecule has 2 bridgehead atoms. The average Bonchev–Trinajstić information content (AvgIpc) is 2.83. The molecule has 1 aliphatic carbocycles. The normalized spacial score (nSPS) is 30.4. The molecule has 2 aromatic carbocycles. The lowest BCUT2D eigenvalue weighted by atomic mass is 9.77. The Hall–Kier alpha value is -2.58. The van der Waals surface area contributed by atoms with Gasteiger partial charge in [-0.2, -0.15) is 5.26 Å². The molecule has 3 atom stereocenters. The molecule has 2 aromatic rings. The van der Waals surface area contributed by atoms with Gasteiger partial charge in [-0.1, -0.05) is 31.5 Å². The van der Waals surface area contributed by atoms with Crippen LogP contribution < -0.4 is 4.74 Å². The van der Waals surface area contributed by atoms with Crippen LogP contribution >= 0.6 is 0 Å². The molecule has 1 N–H and O–H groups in total. The number of benzene rings is 2. The van der Waals surface area contributed by atoms with Crippen molar-refractivity contribution >= 4 is 16.7 Å². The fourth-order valence-electron chi connectivity index (χ4n) is 6.74. The van der Waals surface area contributed by atoms with Gasteiger partial charge in [-0.3, -0.25) is 9.69 Å². The Balaban J connectivity index is 1.43. The molecule has 3 fully saturated rings. The monoisotopic (exact) mass is 460 g/mol. The zero-order chi connectivity index (χ0) is 23.8. The maximum atomic E-state index is 11.7. The van der Waals surface area contributed by atoms with Crippen LogP contribution in [-0.2, 0) is 4.79 Å². The minimum atomic E-state index is -0.645. The van der Waals surface area contributed by atoms with E-state index in [4.69, 9.17) is 4.74 Å². The van der Waals surface area contributed by atoms with E-state index in [9.17, 15) is 15.2 Å². The summed E-state index contributed by atoms with van der Waals surface area (Å²) in [6.07, 6.45) is 9.47. The maximum Gasteiger partial charge on any atom is 0.306 e. The number of carboxylic acid groups (broad SMARTS) is 1. The molecule has 0 radical (unpaired) electrons. The topological polar surface area (TPSA) is 73.6 Å². The van der Waals surface area contributed by atoms with Crippen molar-refractivity contribution in [3.8, 4) is 11.8 Å². The first-order valence-corrected chi connectivity index (χ1v) is 13.1. The number of fused-ring (bicyclic) bond motifs is 3. The zero-order valence-corrected chi connectivity index (χ0v) is 20.4. The highest BCUT2D eigenvalue weighted by atomic mass is 16.5. The molecule has 34 heavy (non-hydrogen) atoms. The molecule has 1 saturated carbocycles. The highest BCUT2D eigenvalue weighted by Crippen LogP contribution is 2.43. The van der Waals surface area contributed by atoms with Gasteiger partial charge >= 0.3 is 5.97 Å². The van der Waals surface area contributed by atoms with Crippen molar-refractivity contribution < 1.29 is 14.6 Å². The molecule has 5 heteroatoms. The maximum absolute atomic E-state index is 11.7. The quantitative estimate of drug-likeness (QED) is 0.555. The summed E-state index contributed by atoms with van der Waals surface area (Å²) in [6, 6.07) is 13.8. The molecule has 2 aliphatic heterocycles. The molecule has 2 heterocycles. The third kappa shape index (κ3) is 4.41. The molecule has 0 spiro atoms. The summed E-state index contributed by atoms with van der Waals surface area (Å²) in [5, 5.41) is 21.7. The first-order valence-electron chi connectivity index (χ1n) is 13.1. The largest absolute Gasteiger partial charge is 0.489 e. The van der Waals surface area contributed by atoms with Crippen LogP contribution in [0.15, 0.2) is 30.3 Å². The SMILES string of the molecule is CC1CCC(Oc2ccc3ccc(C(C)N4C5CCCC4CC(C(=O)O)C5)cc3c2C#N)CC1. The first-order chi connectivity index (χ1) is 16.4. The molecule has 2 saturated heterocycles. The van der Waals surface area contributed by atoms with Gasteiger partial charge in [-0.25, -0.2) is 0 Å². The standard InChI is InChI=1S/C29H36N2O3/c1-18-6-11-25(12-7-18)34-28-13-10-20-8-9-21(16-26(20)27(28)17-30)19(2)31-23-4-3-5-24(31)15-22(14-23)29(32)33/h8-10,13,16,18-19,22-25H,3-7,11-12,14-15H2,1-2H3,(H,32,33). The second-order valence-electron chi connectivity index (χ2n) is 10.9. The summed E-state index contributed by atoms with van der Waals surface area (Å²) in [7, 11) is 0. The highest BCUT2D eigenvalue weighted by Gasteiger charge is 2.42. The van der Waals surface area contributed by atoms with Crippen molar-refractivity contribution in [2.24, 2.45) is 11.8 Å². The minimum Gasteiger partial charge on any atom is -0.489 e. The van der Waals surface area contributed by atoms with Gasteiger partial charge in [0.25, 0.3) is 0 Å². The number of aliphatic carboxylic acids is 1. The number of hydrogen-bond acceptors (Lipinski definition) is 4. The summed E-state index contributed by atoms with van der Waals surface area (Å²) in [5.74, 6) is 0.603. The first kappa shape index (κ1) is 23.2. The van der Waals surface area contributed by atoms with Gasteiger partial charge in [0.15, 0.2) is 0 Å². The fraction of sp³-hybridized carbons (Fsp3) is 0.586. The van der Waals surface area contributed by atoms with E-state index in [-0.39, 0.29) is 18.1 Å². The molecule has 5 rings (SSSR count). The average molecular weight is 461 g/mol. The molecule has 3 aliphatic rings. The molecule has 0 amide bonds. The van der Waals surface area contributed by atoms with E-state index in [0.717, 1.165) is 55.2 Å². The van der Waals surface area contributed by atoms with Crippen molar-refractivity contribution in [2.45, 2.75) is 95.9 Å². The zero-order valence-electron chi connectivity index (χ0n) is 20.4. The lowest BCUT2D eigenvalue weighted by molar-refractivity contribution is -0.147. The van der Waals surface area contributed by atoms with Crippen molar-refractivity contribution in [1.82, 2.24) is 4.90 Å². The summed E-state index contributed by atoms with van der Waals surface area (Å²) >= 11 is 0. The third-order valence-electron chi connectivity index (χ3n) is 8.69. The lowest BCUT2D eigenvalue weighted by Crippen LogP contribution is -2.53. The predicted molar refractivity (Wildman–Crippen MR) is 133 cm³/mol. The molecule has 3 unspecified atom stereocenters. The summed E-state index contributed by atoms with van der Waals surface area (Å²) < 4.78 is 6.36. The second-order valence-corrected chi connectivity index (χ2v) is 10.9. The Morgan fingerprint density at radius 2 is 1.76 bits per heavy atom. The molecular weight excluding hydrogens is 424 g/mol.